The molecule has 0 aromatic carbocycles. The molecule has 1 aliphatic rings. The van der Waals surface area contributed by atoms with E-state index in [4.69, 9.17) is 0 Å². The molecule has 1 heterocycles. The van der Waals surface area contributed by atoms with Crippen LogP contribution in [-0.4, -0.2) is 18.1 Å². The Kier molecular flexibility index (Phi) is 1.26. The molecule has 34 valence electrons. The molecule has 6 heavy (non-hydrogen) atoms. The van der Waals surface area contributed by atoms with Crippen LogP contribution in [0, 0.1) is 0 Å². The van der Waals surface area contributed by atoms with Gasteiger partial charge in [0.2, 0.25) is 0 Å². The Morgan fingerprint density at radius 1 is 1.83 bits per heavy atom. The average molecular weight is 101 g/mol. The van der Waals surface area contributed by atoms with Gasteiger partial charge < -0.3 is 0 Å². The summed E-state index contributed by atoms with van der Waals surface area (Å²) in [6.07, 6.45) is 4.35. The molecule has 0 nitrogen and oxygen atoms in total. The molecule has 0 N–H and O–H groups in total. The summed E-state index contributed by atoms with van der Waals surface area (Å²) in [5, 5.41) is 0. The van der Waals surface area contributed by atoms with Crippen molar-refractivity contribution >= 4 is 13.3 Å². The van der Waals surface area contributed by atoms with E-state index in [2.05, 4.69) is 12.7 Å². The fourth-order valence-electron chi connectivity index (χ4n) is 0.528. The minimum atomic E-state index is 0.524. The van der Waals surface area contributed by atoms with Crippen molar-refractivity contribution < 1.29 is 0 Å². The van der Waals surface area contributed by atoms with E-state index in [1.807, 2.05) is 0 Å². The molecule has 1 aliphatic heterocycles. The van der Waals surface area contributed by atoms with Gasteiger partial charge in [-0.1, -0.05) is 6.92 Å². The van der Waals surface area contributed by atoms with Crippen LogP contribution in [0.4, 0.5) is 0 Å². The second-order valence-electron chi connectivity index (χ2n) is 1.68. The van der Waals surface area contributed by atoms with Crippen LogP contribution in [0.25, 0.3) is 0 Å². The van der Waals surface area contributed by atoms with Crippen molar-refractivity contribution in [2.45, 2.75) is 13.3 Å². The Morgan fingerprint density at radius 2 is 2.50 bits per heavy atom. The smallest absolute Gasteiger partial charge is 0.0615 e. The van der Waals surface area contributed by atoms with Gasteiger partial charge in [-0.3, -0.25) is 0 Å². The van der Waals surface area contributed by atoms with Gasteiger partial charge in [-0.25, -0.2) is 0 Å². The van der Waals surface area contributed by atoms with Gasteiger partial charge in [0.15, 0.2) is 6.16 Å². The van der Waals surface area contributed by atoms with E-state index in [1.165, 1.54) is 18.7 Å². The second kappa shape index (κ2) is 1.75. The molecule has 1 heteroatoms. The SMILES string of the molecule is CCC[P+]1=CC1. The quantitative estimate of drug-likeness (QED) is 0.464. The van der Waals surface area contributed by atoms with Crippen LogP contribution in [-0.2, 0) is 0 Å². The Hall–Kier alpha value is 0.170. The van der Waals surface area contributed by atoms with E-state index in [9.17, 15) is 0 Å². The summed E-state index contributed by atoms with van der Waals surface area (Å²) in [5.74, 6) is 2.44. The van der Waals surface area contributed by atoms with Crippen LogP contribution in [0.15, 0.2) is 0 Å². The molecule has 0 aromatic heterocycles. The predicted molar refractivity (Wildman–Crippen MR) is 33.0 cm³/mol. The highest BCUT2D eigenvalue weighted by Crippen LogP contribution is 2.32. The third-order valence-corrected chi connectivity index (χ3v) is 2.85. The van der Waals surface area contributed by atoms with Crippen LogP contribution in [0.3, 0.4) is 0 Å². The van der Waals surface area contributed by atoms with Crippen molar-refractivity contribution in [3.05, 3.63) is 0 Å². The summed E-state index contributed by atoms with van der Waals surface area (Å²) >= 11 is 0. The lowest BCUT2D eigenvalue weighted by molar-refractivity contribution is 1.10. The highest BCUT2D eigenvalue weighted by atomic mass is 31.1. The van der Waals surface area contributed by atoms with Gasteiger partial charge in [0.05, 0.1) is 0 Å². The summed E-state index contributed by atoms with van der Waals surface area (Å²) < 4.78 is 0. The van der Waals surface area contributed by atoms with Crippen LogP contribution < -0.4 is 0 Å². The molecule has 1 rings (SSSR count). The lowest BCUT2D eigenvalue weighted by Crippen LogP contribution is -1.61. The molecule has 0 aromatic rings. The molecular formula is C5H10P+. The molecule has 0 aliphatic carbocycles. The standard InChI is InChI=1S/C5H10P/c1-2-3-6-4-5-6/h4H,2-3,5H2,1H3/q+1. The Bertz CT molecular complexity index is 74.0. The van der Waals surface area contributed by atoms with Crippen molar-refractivity contribution in [1.29, 1.82) is 0 Å². The first-order valence-electron chi connectivity index (χ1n) is 2.51. The summed E-state index contributed by atoms with van der Waals surface area (Å²) in [7, 11) is 0.524. The summed E-state index contributed by atoms with van der Waals surface area (Å²) in [6.45, 7) is 2.26. The molecule has 1 unspecified atom stereocenters. The highest BCUT2D eigenvalue weighted by Gasteiger charge is 2.19. The minimum Gasteiger partial charge on any atom is -0.0615 e. The molecule has 0 fully saturated rings. The summed E-state index contributed by atoms with van der Waals surface area (Å²) in [4.78, 5) is 0. The highest BCUT2D eigenvalue weighted by molar-refractivity contribution is 7.67. The normalized spacial score (nSPS) is 23.2. The Balaban J connectivity index is 2.02. The molecule has 0 spiro atoms. The first kappa shape index (κ1) is 4.33. The maximum absolute atomic E-state index is 2.44. The molecule has 0 bridgehead atoms. The predicted octanol–water partition coefficient (Wildman–Crippen LogP) is 1.69. The van der Waals surface area contributed by atoms with E-state index in [1.54, 1.807) is 0 Å². The first-order chi connectivity index (χ1) is 2.93. The van der Waals surface area contributed by atoms with Crippen molar-refractivity contribution in [2.24, 2.45) is 0 Å². The van der Waals surface area contributed by atoms with Gasteiger partial charge in [-0.15, -0.1) is 0 Å². The van der Waals surface area contributed by atoms with Crippen LogP contribution >= 0.6 is 7.55 Å². The molecular weight excluding hydrogens is 91.0 g/mol. The van der Waals surface area contributed by atoms with E-state index in [0.29, 0.717) is 7.55 Å². The van der Waals surface area contributed by atoms with Crippen LogP contribution in [0.1, 0.15) is 13.3 Å². The molecule has 0 saturated carbocycles. The lowest BCUT2D eigenvalue weighted by atomic mass is 10.6. The zero-order valence-corrected chi connectivity index (χ0v) is 5.04. The number of hydrogen-bond acceptors (Lipinski definition) is 0. The second-order valence-corrected chi connectivity index (χ2v) is 4.03. The fraction of sp³-hybridized carbons (Fsp3) is 0.800. The van der Waals surface area contributed by atoms with Crippen molar-refractivity contribution in [1.82, 2.24) is 0 Å². The van der Waals surface area contributed by atoms with Gasteiger partial charge in [0, 0.05) is 0 Å². The number of hydrogen-bond donors (Lipinski definition) is 0. The molecule has 0 amide bonds. The fourth-order valence-corrected chi connectivity index (χ4v) is 1.93. The topological polar surface area (TPSA) is 0 Å². The maximum Gasteiger partial charge on any atom is 0.162 e. The number of rotatable bonds is 2. The van der Waals surface area contributed by atoms with Gasteiger partial charge in [0.25, 0.3) is 0 Å². The van der Waals surface area contributed by atoms with E-state index in [0.717, 1.165) is 0 Å². The zero-order chi connectivity index (χ0) is 4.41. The zero-order valence-electron chi connectivity index (χ0n) is 4.15. The average Bonchev–Trinajstić information content (AvgIpc) is 2.21. The molecule has 1 atom stereocenters. The van der Waals surface area contributed by atoms with Gasteiger partial charge in [-0.2, -0.15) is 0 Å². The largest absolute Gasteiger partial charge is 0.162 e. The molecule has 0 saturated heterocycles. The summed E-state index contributed by atoms with van der Waals surface area (Å²) in [5.41, 5.74) is 0. The molecule has 0 radical (unpaired) electrons. The van der Waals surface area contributed by atoms with Crippen molar-refractivity contribution in [3.63, 3.8) is 0 Å². The van der Waals surface area contributed by atoms with Gasteiger partial charge >= 0.3 is 0 Å². The van der Waals surface area contributed by atoms with Gasteiger partial charge in [0.1, 0.15) is 19.5 Å². The monoisotopic (exact) mass is 101 g/mol. The lowest BCUT2D eigenvalue weighted by Gasteiger charge is -1.68. The van der Waals surface area contributed by atoms with Crippen LogP contribution in [0.5, 0.6) is 0 Å². The first-order valence-corrected chi connectivity index (χ1v) is 4.29. The van der Waals surface area contributed by atoms with E-state index >= 15 is 0 Å². The van der Waals surface area contributed by atoms with E-state index in [-0.39, 0.29) is 0 Å². The van der Waals surface area contributed by atoms with Crippen molar-refractivity contribution in [2.75, 3.05) is 12.3 Å². The van der Waals surface area contributed by atoms with E-state index < -0.39 is 0 Å². The van der Waals surface area contributed by atoms with Crippen molar-refractivity contribution in [3.8, 4) is 0 Å². The summed E-state index contributed by atoms with van der Waals surface area (Å²) in [6, 6.07) is 0. The van der Waals surface area contributed by atoms with Crippen LogP contribution in [0.2, 0.25) is 0 Å². The maximum atomic E-state index is 2.44. The third-order valence-electron chi connectivity index (χ3n) is 0.952. The third kappa shape index (κ3) is 1.10. The van der Waals surface area contributed by atoms with Gasteiger partial charge in [-0.05, 0) is 6.42 Å². The Labute approximate surface area is 40.0 Å². The minimum absolute atomic E-state index is 0.524. The Morgan fingerprint density at radius 3 is 2.67 bits per heavy atom.